The van der Waals surface area contributed by atoms with Crippen molar-refractivity contribution >= 4 is 17.6 Å². The number of hydrogen-bond donors (Lipinski definition) is 2. The van der Waals surface area contributed by atoms with E-state index < -0.39 is 5.97 Å². The molecule has 4 rings (SSSR count). The van der Waals surface area contributed by atoms with Crippen molar-refractivity contribution in [2.24, 2.45) is 5.92 Å². The Hall–Kier alpha value is -3.08. The summed E-state index contributed by atoms with van der Waals surface area (Å²) in [7, 11) is 0. The number of anilines is 1. The summed E-state index contributed by atoms with van der Waals surface area (Å²) in [6.07, 6.45) is 5.16. The van der Waals surface area contributed by atoms with Gasteiger partial charge in [-0.2, -0.15) is 0 Å². The van der Waals surface area contributed by atoms with Gasteiger partial charge in [0.1, 0.15) is 0 Å². The van der Waals surface area contributed by atoms with Crippen LogP contribution < -0.4 is 5.32 Å². The summed E-state index contributed by atoms with van der Waals surface area (Å²) in [6, 6.07) is 12.5. The molecule has 0 saturated carbocycles. The maximum absolute atomic E-state index is 12.5. The lowest BCUT2D eigenvalue weighted by Crippen LogP contribution is -2.31. The van der Waals surface area contributed by atoms with E-state index in [1.165, 1.54) is 0 Å². The molecule has 0 amide bonds. The SMILES string of the molecule is CCOC(=O)c1cccc2c1N[C@H](c1ccccc1C(=O)O)[C@@H]1CC=C[C@H]21. The lowest BCUT2D eigenvalue weighted by molar-refractivity contribution is 0.0526. The van der Waals surface area contributed by atoms with Crippen LogP contribution >= 0.6 is 0 Å². The monoisotopic (exact) mass is 363 g/mol. The Labute approximate surface area is 157 Å². The molecule has 0 fully saturated rings. The minimum atomic E-state index is -0.945. The number of nitrogens with one attached hydrogen (secondary N) is 1. The van der Waals surface area contributed by atoms with Gasteiger partial charge in [-0.15, -0.1) is 0 Å². The summed E-state index contributed by atoms with van der Waals surface area (Å²) in [6.45, 7) is 2.09. The van der Waals surface area contributed by atoms with E-state index in [1.54, 1.807) is 25.1 Å². The van der Waals surface area contributed by atoms with Crippen molar-refractivity contribution in [3.8, 4) is 0 Å². The highest BCUT2D eigenvalue weighted by molar-refractivity contribution is 5.97. The average Bonchev–Trinajstić information content (AvgIpc) is 3.17. The quantitative estimate of drug-likeness (QED) is 0.622. The van der Waals surface area contributed by atoms with Gasteiger partial charge in [-0.25, -0.2) is 9.59 Å². The summed E-state index contributed by atoms with van der Waals surface area (Å²) in [4.78, 5) is 24.2. The summed E-state index contributed by atoms with van der Waals surface area (Å²) in [5.41, 5.74) is 3.33. The molecule has 1 heterocycles. The Morgan fingerprint density at radius 2 is 1.85 bits per heavy atom. The van der Waals surface area contributed by atoms with E-state index in [0.29, 0.717) is 12.2 Å². The first-order valence-electron chi connectivity index (χ1n) is 9.17. The summed E-state index contributed by atoms with van der Waals surface area (Å²) in [5, 5.41) is 13.1. The number of carboxylic acid groups (broad SMARTS) is 1. The molecule has 2 aromatic rings. The van der Waals surface area contributed by atoms with Crippen LogP contribution in [0.4, 0.5) is 5.69 Å². The smallest absolute Gasteiger partial charge is 0.340 e. The Morgan fingerprint density at radius 1 is 1.11 bits per heavy atom. The summed E-state index contributed by atoms with van der Waals surface area (Å²) >= 11 is 0. The van der Waals surface area contributed by atoms with Crippen molar-refractivity contribution in [1.82, 2.24) is 0 Å². The molecule has 0 radical (unpaired) electrons. The molecule has 138 valence electrons. The normalized spacial score (nSPS) is 22.5. The van der Waals surface area contributed by atoms with E-state index in [2.05, 4.69) is 17.5 Å². The van der Waals surface area contributed by atoms with Gasteiger partial charge in [0.25, 0.3) is 0 Å². The van der Waals surface area contributed by atoms with E-state index in [4.69, 9.17) is 4.74 Å². The molecule has 2 aromatic carbocycles. The largest absolute Gasteiger partial charge is 0.478 e. The molecule has 1 aliphatic heterocycles. The Balaban J connectivity index is 1.84. The van der Waals surface area contributed by atoms with Gasteiger partial charge in [-0.1, -0.05) is 42.5 Å². The van der Waals surface area contributed by atoms with Gasteiger partial charge >= 0.3 is 11.9 Å². The first-order valence-corrected chi connectivity index (χ1v) is 9.17. The standard InChI is InChI=1S/C22H21NO4/c1-2-27-22(26)18-12-6-11-15-13-9-5-10-14(13)19(23-20(15)18)16-7-3-4-8-17(16)21(24)25/h3-9,11-14,19,23H,2,10H2,1H3,(H,24,25)/t13-,14+,19-/m0/s1. The van der Waals surface area contributed by atoms with E-state index in [1.807, 2.05) is 24.3 Å². The van der Waals surface area contributed by atoms with Gasteiger partial charge in [0.15, 0.2) is 0 Å². The second kappa shape index (κ2) is 6.91. The van der Waals surface area contributed by atoms with Crippen molar-refractivity contribution in [2.75, 3.05) is 11.9 Å². The topological polar surface area (TPSA) is 75.6 Å². The maximum atomic E-state index is 12.5. The van der Waals surface area contributed by atoms with Crippen LogP contribution in [0.5, 0.6) is 0 Å². The Kier molecular flexibility index (Phi) is 4.44. The minimum Gasteiger partial charge on any atom is -0.478 e. The first-order chi connectivity index (χ1) is 13.1. The van der Waals surface area contributed by atoms with Crippen LogP contribution in [0.15, 0.2) is 54.6 Å². The molecule has 0 aromatic heterocycles. The van der Waals surface area contributed by atoms with Crippen LogP contribution in [0.1, 0.15) is 57.1 Å². The zero-order chi connectivity index (χ0) is 19.0. The van der Waals surface area contributed by atoms with E-state index >= 15 is 0 Å². The molecular weight excluding hydrogens is 342 g/mol. The fraction of sp³-hybridized carbons (Fsp3) is 0.273. The fourth-order valence-corrected chi connectivity index (χ4v) is 4.27. The Bertz CT molecular complexity index is 934. The number of aromatic carboxylic acids is 1. The molecule has 5 heteroatoms. The van der Waals surface area contributed by atoms with Gasteiger partial charge in [0.05, 0.1) is 29.5 Å². The zero-order valence-electron chi connectivity index (χ0n) is 15.0. The van der Waals surface area contributed by atoms with Gasteiger partial charge in [-0.3, -0.25) is 0 Å². The second-order valence-corrected chi connectivity index (χ2v) is 6.86. The van der Waals surface area contributed by atoms with Crippen LogP contribution in [-0.2, 0) is 4.74 Å². The molecule has 2 aliphatic rings. The molecule has 27 heavy (non-hydrogen) atoms. The number of hydrogen-bond acceptors (Lipinski definition) is 4. The van der Waals surface area contributed by atoms with Crippen molar-refractivity contribution in [3.63, 3.8) is 0 Å². The van der Waals surface area contributed by atoms with Crippen molar-refractivity contribution < 1.29 is 19.4 Å². The van der Waals surface area contributed by atoms with Crippen LogP contribution in [-0.4, -0.2) is 23.7 Å². The molecule has 0 bridgehead atoms. The molecule has 1 aliphatic carbocycles. The zero-order valence-corrected chi connectivity index (χ0v) is 15.0. The number of allylic oxidation sites excluding steroid dienone is 2. The fourth-order valence-electron chi connectivity index (χ4n) is 4.27. The number of carboxylic acids is 1. The van der Waals surface area contributed by atoms with Crippen molar-refractivity contribution in [1.29, 1.82) is 0 Å². The number of fused-ring (bicyclic) bond motifs is 3. The number of carbonyl (C=O) groups is 2. The maximum Gasteiger partial charge on any atom is 0.340 e. The number of rotatable bonds is 4. The van der Waals surface area contributed by atoms with Crippen molar-refractivity contribution in [3.05, 3.63) is 76.9 Å². The first kappa shape index (κ1) is 17.3. The summed E-state index contributed by atoms with van der Waals surface area (Å²) in [5.74, 6) is -0.968. The number of ether oxygens (including phenoxy) is 1. The van der Waals surface area contributed by atoms with E-state index in [0.717, 1.165) is 23.2 Å². The highest BCUT2D eigenvalue weighted by Crippen LogP contribution is 2.51. The third kappa shape index (κ3) is 2.89. The van der Waals surface area contributed by atoms with Gasteiger partial charge in [0, 0.05) is 5.92 Å². The van der Waals surface area contributed by atoms with Crippen LogP contribution in [0.3, 0.4) is 0 Å². The summed E-state index contributed by atoms with van der Waals surface area (Å²) < 4.78 is 5.22. The molecule has 3 atom stereocenters. The van der Waals surface area contributed by atoms with Crippen LogP contribution in [0.2, 0.25) is 0 Å². The number of esters is 1. The Morgan fingerprint density at radius 3 is 2.63 bits per heavy atom. The lowest BCUT2D eigenvalue weighted by Gasteiger charge is -2.38. The molecule has 2 N–H and O–H groups in total. The van der Waals surface area contributed by atoms with Gasteiger partial charge < -0.3 is 15.2 Å². The highest BCUT2D eigenvalue weighted by atomic mass is 16.5. The number of carbonyl (C=O) groups excluding carboxylic acids is 1. The second-order valence-electron chi connectivity index (χ2n) is 6.86. The van der Waals surface area contributed by atoms with Gasteiger partial charge in [0.2, 0.25) is 0 Å². The van der Waals surface area contributed by atoms with E-state index in [9.17, 15) is 14.7 Å². The average molecular weight is 363 g/mol. The molecule has 0 unspecified atom stereocenters. The minimum absolute atomic E-state index is 0.141. The number of benzene rings is 2. The lowest BCUT2D eigenvalue weighted by atomic mass is 9.75. The van der Waals surface area contributed by atoms with Crippen LogP contribution in [0, 0.1) is 5.92 Å². The molecular formula is C22H21NO4. The third-order valence-corrected chi connectivity index (χ3v) is 5.42. The van der Waals surface area contributed by atoms with Gasteiger partial charge in [-0.05, 0) is 42.5 Å². The third-order valence-electron chi connectivity index (χ3n) is 5.42. The molecule has 0 spiro atoms. The predicted molar refractivity (Wildman–Crippen MR) is 102 cm³/mol. The highest BCUT2D eigenvalue weighted by Gasteiger charge is 2.40. The predicted octanol–water partition coefficient (Wildman–Crippen LogP) is 4.39. The molecule has 0 saturated heterocycles. The van der Waals surface area contributed by atoms with E-state index in [-0.39, 0.29) is 29.4 Å². The molecule has 5 nitrogen and oxygen atoms in total. The number of para-hydroxylation sites is 1. The van der Waals surface area contributed by atoms with Crippen molar-refractivity contribution in [2.45, 2.75) is 25.3 Å². The van der Waals surface area contributed by atoms with Crippen LogP contribution in [0.25, 0.3) is 0 Å².